The highest BCUT2D eigenvalue weighted by Gasteiger charge is 2.25. The van der Waals surface area contributed by atoms with Crippen LogP contribution in [-0.2, 0) is 28.1 Å². The normalized spacial score (nSPS) is 14.3. The molecule has 6 rings (SSSR count). The van der Waals surface area contributed by atoms with Gasteiger partial charge in [0.2, 0.25) is 0 Å². The van der Waals surface area contributed by atoms with Crippen molar-refractivity contribution in [2.24, 2.45) is 11.3 Å². The third-order valence-corrected chi connectivity index (χ3v) is 11.0. The van der Waals surface area contributed by atoms with Crippen LogP contribution in [0.4, 0.5) is 8.78 Å². The Labute approximate surface area is 360 Å². The molecule has 4 heteroatoms. The Morgan fingerprint density at radius 3 is 1.47 bits per heavy atom. The fraction of sp³-hybridized carbons (Fsp3) is 0.556. The largest absolute Gasteiger partial charge is 0.493 e. The molecule has 1 saturated carbocycles. The van der Waals surface area contributed by atoms with Crippen LogP contribution in [0.25, 0.3) is 0 Å². The molecule has 0 amide bonds. The fourth-order valence-electron chi connectivity index (χ4n) is 7.13. The van der Waals surface area contributed by atoms with Crippen LogP contribution in [0, 0.1) is 29.9 Å². The monoisotopic (exact) mass is 819 g/mol. The molecule has 1 nitrogen and oxygen atoms in total. The minimum absolute atomic E-state index is 0. The van der Waals surface area contributed by atoms with E-state index in [9.17, 15) is 8.78 Å². The van der Waals surface area contributed by atoms with Crippen molar-refractivity contribution in [2.75, 3.05) is 6.61 Å². The van der Waals surface area contributed by atoms with Gasteiger partial charge in [-0.05, 0) is 110 Å². The number of hydrogen-bond donors (Lipinski definition) is 0. The smallest absolute Gasteiger partial charge is 0.126 e. The number of ether oxygens (including phenoxy) is 1. The summed E-state index contributed by atoms with van der Waals surface area (Å²) in [5, 5.41) is 0.877. The lowest BCUT2D eigenvalue weighted by molar-refractivity contribution is 0.180. The maximum atomic E-state index is 12.7. The van der Waals surface area contributed by atoms with Crippen molar-refractivity contribution in [3.8, 4) is 5.75 Å². The molecule has 0 spiro atoms. The van der Waals surface area contributed by atoms with Gasteiger partial charge in [-0.1, -0.05) is 197 Å². The molecule has 2 aliphatic rings. The molecule has 0 radical (unpaired) electrons. The Morgan fingerprint density at radius 2 is 1.07 bits per heavy atom. The molecule has 0 unspecified atom stereocenters. The lowest BCUT2D eigenvalue weighted by Crippen LogP contribution is -2.22. The van der Waals surface area contributed by atoms with E-state index in [4.69, 9.17) is 16.3 Å². The lowest BCUT2D eigenvalue weighted by atomic mass is 9.72. The van der Waals surface area contributed by atoms with E-state index in [0.717, 1.165) is 35.8 Å². The summed E-state index contributed by atoms with van der Waals surface area (Å²) >= 11 is 6.11. The fourth-order valence-corrected chi connectivity index (χ4v) is 7.63. The molecule has 1 fully saturated rings. The second kappa shape index (κ2) is 22.4. The summed E-state index contributed by atoms with van der Waals surface area (Å²) in [6, 6.07) is 26.8. The molecule has 1 heterocycles. The first-order valence-corrected chi connectivity index (χ1v) is 21.5. The molecular formula is C54H81ClF2O. The highest BCUT2D eigenvalue weighted by atomic mass is 35.5. The first-order valence-electron chi connectivity index (χ1n) is 21.1. The molecule has 0 bridgehead atoms. The molecule has 4 aromatic carbocycles. The second-order valence-corrected chi connectivity index (χ2v) is 21.5. The van der Waals surface area contributed by atoms with Crippen molar-refractivity contribution in [1.82, 2.24) is 0 Å². The van der Waals surface area contributed by atoms with Gasteiger partial charge in [0.15, 0.2) is 0 Å². The Morgan fingerprint density at radius 1 is 0.552 bits per heavy atom. The predicted molar refractivity (Wildman–Crippen MR) is 252 cm³/mol. The first kappa shape index (κ1) is 52.8. The maximum absolute atomic E-state index is 12.7. The number of aryl methyl sites for hydroxylation is 1. The van der Waals surface area contributed by atoms with Crippen molar-refractivity contribution in [1.29, 1.82) is 0 Å². The van der Waals surface area contributed by atoms with E-state index in [0.29, 0.717) is 16.4 Å². The SMILES string of the molecule is C.CC(C)(C)C1CCCCC1.CC(C)(C)c1cc(F)cc(F)c1.CC(C)(C)c1ccc2c(c1)CCO2.CC(C)(C)c1ccccc1.Cc1cccc(Cl)c1C(C)(C)C. The molecule has 0 N–H and O–H groups in total. The summed E-state index contributed by atoms with van der Waals surface area (Å²) in [5.41, 5.74) is 8.42. The molecule has 1 aliphatic carbocycles. The average Bonchev–Trinajstić information content (AvgIpc) is 3.56. The third-order valence-electron chi connectivity index (χ3n) is 10.7. The molecule has 1 aliphatic heterocycles. The van der Waals surface area contributed by atoms with Gasteiger partial charge in [-0.15, -0.1) is 0 Å². The zero-order chi connectivity index (χ0) is 43.4. The summed E-state index contributed by atoms with van der Waals surface area (Å²) in [5.74, 6) is 1.05. The molecule has 0 atom stereocenters. The van der Waals surface area contributed by atoms with E-state index in [1.165, 1.54) is 72.1 Å². The van der Waals surface area contributed by atoms with Crippen LogP contribution in [0.15, 0.2) is 84.9 Å². The Hall–Kier alpha value is -3.17. The average molecular weight is 820 g/mol. The number of benzene rings is 4. The number of fused-ring (bicyclic) bond motifs is 1. The molecular weight excluding hydrogens is 738 g/mol. The van der Waals surface area contributed by atoms with Crippen molar-refractivity contribution >= 4 is 11.6 Å². The van der Waals surface area contributed by atoms with Crippen LogP contribution < -0.4 is 4.74 Å². The van der Waals surface area contributed by atoms with E-state index in [-0.39, 0.29) is 23.7 Å². The van der Waals surface area contributed by atoms with Gasteiger partial charge in [-0.2, -0.15) is 0 Å². The standard InChI is InChI=1S/C12H16O.C11H15Cl.C10H12F2.C10H20.C10H14.CH4/c1-12(2,3)10-4-5-11-9(8-10)6-7-13-11;1-8-6-5-7-9(12)10(8)11(2,3)4;1-10(2,3)7-4-8(11)6-9(12)5-7;2*1-10(2,3)9-7-5-4-6-8-9;/h4-5,8H,6-7H2,1-3H3;5-7H,1-4H3;4-6H,1-3H3;9H,4-8H2,1-3H3;4-8H,1-3H3;1H4. The van der Waals surface area contributed by atoms with Crippen LogP contribution >= 0.6 is 11.6 Å². The van der Waals surface area contributed by atoms with E-state index < -0.39 is 11.6 Å². The second-order valence-electron chi connectivity index (χ2n) is 21.1. The number of hydrogen-bond acceptors (Lipinski definition) is 1. The van der Waals surface area contributed by atoms with E-state index in [1.54, 1.807) is 0 Å². The van der Waals surface area contributed by atoms with Crippen molar-refractivity contribution < 1.29 is 13.5 Å². The molecule has 324 valence electrons. The minimum atomic E-state index is -0.514. The maximum Gasteiger partial charge on any atom is 0.126 e. The van der Waals surface area contributed by atoms with Crippen LogP contribution in [0.5, 0.6) is 5.75 Å². The summed E-state index contributed by atoms with van der Waals surface area (Å²) in [6.45, 7) is 35.8. The van der Waals surface area contributed by atoms with E-state index in [1.807, 2.05) is 32.9 Å². The number of halogens is 3. The zero-order valence-electron chi connectivity index (χ0n) is 38.7. The summed E-state index contributed by atoms with van der Waals surface area (Å²) in [7, 11) is 0. The molecule has 0 saturated heterocycles. The van der Waals surface area contributed by atoms with Gasteiger partial charge in [0.25, 0.3) is 0 Å². The first-order chi connectivity index (χ1) is 26.1. The summed E-state index contributed by atoms with van der Waals surface area (Å²) in [6.07, 6.45) is 8.45. The molecule has 4 aromatic rings. The van der Waals surface area contributed by atoms with Gasteiger partial charge in [0.1, 0.15) is 17.4 Å². The van der Waals surface area contributed by atoms with Crippen LogP contribution in [0.3, 0.4) is 0 Å². The van der Waals surface area contributed by atoms with Crippen LogP contribution in [-0.4, -0.2) is 6.61 Å². The Bertz CT molecular complexity index is 1740. The van der Waals surface area contributed by atoms with Crippen LogP contribution in [0.2, 0.25) is 5.02 Å². The van der Waals surface area contributed by atoms with E-state index >= 15 is 0 Å². The van der Waals surface area contributed by atoms with E-state index in [2.05, 4.69) is 145 Å². The van der Waals surface area contributed by atoms with Gasteiger partial charge < -0.3 is 4.74 Å². The highest BCUT2D eigenvalue weighted by molar-refractivity contribution is 6.31. The van der Waals surface area contributed by atoms with Crippen molar-refractivity contribution in [2.45, 2.75) is 178 Å². The topological polar surface area (TPSA) is 9.23 Å². The highest BCUT2D eigenvalue weighted by Crippen LogP contribution is 2.37. The van der Waals surface area contributed by atoms with Crippen molar-refractivity contribution in [3.63, 3.8) is 0 Å². The quantitative estimate of drug-likeness (QED) is 0.172. The third kappa shape index (κ3) is 18.4. The van der Waals surface area contributed by atoms with Gasteiger partial charge in [0.05, 0.1) is 6.61 Å². The minimum Gasteiger partial charge on any atom is -0.493 e. The molecule has 0 aromatic heterocycles. The summed E-state index contributed by atoms with van der Waals surface area (Å²) < 4.78 is 30.9. The van der Waals surface area contributed by atoms with Gasteiger partial charge in [-0.25, -0.2) is 8.78 Å². The molecule has 58 heavy (non-hydrogen) atoms. The zero-order valence-corrected chi connectivity index (χ0v) is 39.4. The Balaban J connectivity index is 0.000000362. The Kier molecular flexibility index (Phi) is 20.4. The van der Waals surface area contributed by atoms with Gasteiger partial charge in [-0.3, -0.25) is 0 Å². The predicted octanol–water partition coefficient (Wildman–Crippen LogP) is 17.4. The van der Waals surface area contributed by atoms with Gasteiger partial charge >= 0.3 is 0 Å². The van der Waals surface area contributed by atoms with Crippen LogP contribution in [0.1, 0.15) is 177 Å². The van der Waals surface area contributed by atoms with Crippen molar-refractivity contribution in [3.05, 3.63) is 135 Å². The lowest BCUT2D eigenvalue weighted by Gasteiger charge is -2.33. The summed E-state index contributed by atoms with van der Waals surface area (Å²) in [4.78, 5) is 0. The van der Waals surface area contributed by atoms with Gasteiger partial charge in [0, 0.05) is 17.5 Å². The number of rotatable bonds is 0.